The molecular formula is C23H24N6O4. The lowest BCUT2D eigenvalue weighted by Gasteiger charge is -2.24. The Morgan fingerprint density at radius 3 is 2.61 bits per heavy atom. The van der Waals surface area contributed by atoms with Crippen LogP contribution in [0.25, 0.3) is 0 Å². The van der Waals surface area contributed by atoms with E-state index in [1.165, 1.54) is 24.5 Å². The van der Waals surface area contributed by atoms with E-state index in [9.17, 15) is 19.7 Å². The fourth-order valence-electron chi connectivity index (χ4n) is 4.01. The molecule has 1 aromatic heterocycles. The van der Waals surface area contributed by atoms with Crippen molar-refractivity contribution in [2.24, 2.45) is 0 Å². The molecule has 2 aromatic carbocycles. The highest BCUT2D eigenvalue weighted by Gasteiger charge is 2.34. The maximum atomic E-state index is 13.0. The first-order valence-electron chi connectivity index (χ1n) is 10.7. The average Bonchev–Trinajstić information content (AvgIpc) is 3.50. The lowest BCUT2D eigenvalue weighted by Crippen LogP contribution is -2.45. The Morgan fingerprint density at radius 1 is 1.18 bits per heavy atom. The SMILES string of the molecule is Cc1cc(C(=O)N2CCCC2C(=O)NCc2ccc(Cn3cncn3)cc2)ccc1[N+](=O)[O-]. The molecule has 0 saturated carbocycles. The van der Waals surface area contributed by atoms with E-state index in [1.54, 1.807) is 22.8 Å². The second-order valence-corrected chi connectivity index (χ2v) is 8.04. The number of rotatable bonds is 7. The Hall–Kier alpha value is -4.08. The highest BCUT2D eigenvalue weighted by Crippen LogP contribution is 2.24. The Kier molecular flexibility index (Phi) is 6.43. The van der Waals surface area contributed by atoms with E-state index in [0.29, 0.717) is 37.2 Å². The van der Waals surface area contributed by atoms with Crippen LogP contribution in [0.2, 0.25) is 0 Å². The summed E-state index contributed by atoms with van der Waals surface area (Å²) >= 11 is 0. The number of nitro groups is 1. The number of nitro benzene ring substituents is 1. The molecule has 3 aromatic rings. The van der Waals surface area contributed by atoms with Crippen molar-refractivity contribution in [3.05, 3.63) is 87.5 Å². The predicted molar refractivity (Wildman–Crippen MR) is 119 cm³/mol. The number of aryl methyl sites for hydroxylation is 1. The fourth-order valence-corrected chi connectivity index (χ4v) is 4.01. The van der Waals surface area contributed by atoms with E-state index in [4.69, 9.17) is 0 Å². The van der Waals surface area contributed by atoms with Crippen molar-refractivity contribution in [1.29, 1.82) is 0 Å². The van der Waals surface area contributed by atoms with Crippen LogP contribution in [0.5, 0.6) is 0 Å². The van der Waals surface area contributed by atoms with Crippen LogP contribution in [-0.2, 0) is 17.9 Å². The van der Waals surface area contributed by atoms with Crippen molar-refractivity contribution >= 4 is 17.5 Å². The van der Waals surface area contributed by atoms with Gasteiger partial charge in [0.05, 0.1) is 11.5 Å². The van der Waals surface area contributed by atoms with Gasteiger partial charge in [0, 0.05) is 30.3 Å². The highest BCUT2D eigenvalue weighted by atomic mass is 16.6. The van der Waals surface area contributed by atoms with Gasteiger partial charge in [0.1, 0.15) is 18.7 Å². The first-order chi connectivity index (χ1) is 15.9. The lowest BCUT2D eigenvalue weighted by molar-refractivity contribution is -0.385. The van der Waals surface area contributed by atoms with E-state index in [1.807, 2.05) is 24.3 Å². The van der Waals surface area contributed by atoms with Gasteiger partial charge in [-0.05, 0) is 43.0 Å². The molecule has 1 saturated heterocycles. The standard InChI is InChI=1S/C23H24N6O4/c1-16-11-19(8-9-20(16)29(32)33)23(31)28-10-2-3-21(28)22(30)25-12-17-4-6-18(7-5-17)13-27-15-24-14-26-27/h4-9,11,14-15,21H,2-3,10,12-13H2,1H3,(H,25,30). The maximum absolute atomic E-state index is 13.0. The van der Waals surface area contributed by atoms with Crippen LogP contribution in [-0.4, -0.2) is 49.0 Å². The van der Waals surface area contributed by atoms with Crippen LogP contribution in [0.15, 0.2) is 55.1 Å². The molecule has 1 aliphatic rings. The quantitative estimate of drug-likeness (QED) is 0.437. The van der Waals surface area contributed by atoms with Crippen LogP contribution >= 0.6 is 0 Å². The van der Waals surface area contributed by atoms with Crippen molar-refractivity contribution in [3.8, 4) is 0 Å². The van der Waals surface area contributed by atoms with Crippen molar-refractivity contribution < 1.29 is 14.5 Å². The molecule has 0 bridgehead atoms. The molecule has 10 nitrogen and oxygen atoms in total. The topological polar surface area (TPSA) is 123 Å². The Bertz CT molecular complexity index is 1160. The molecule has 1 fully saturated rings. The van der Waals surface area contributed by atoms with Gasteiger partial charge < -0.3 is 10.2 Å². The van der Waals surface area contributed by atoms with Crippen molar-refractivity contribution in [2.45, 2.75) is 38.9 Å². The third kappa shape index (κ3) is 5.05. The van der Waals surface area contributed by atoms with Gasteiger partial charge in [0.2, 0.25) is 5.91 Å². The van der Waals surface area contributed by atoms with Gasteiger partial charge >= 0.3 is 0 Å². The summed E-state index contributed by atoms with van der Waals surface area (Å²) in [5.41, 5.74) is 2.75. The molecule has 1 atom stereocenters. The highest BCUT2D eigenvalue weighted by molar-refractivity contribution is 5.98. The number of nitrogens with zero attached hydrogens (tertiary/aromatic N) is 5. The van der Waals surface area contributed by atoms with E-state index >= 15 is 0 Å². The number of carbonyl (C=O) groups is 2. The molecule has 0 aliphatic carbocycles. The van der Waals surface area contributed by atoms with Gasteiger partial charge in [0.15, 0.2) is 0 Å². The largest absolute Gasteiger partial charge is 0.350 e. The molecule has 0 spiro atoms. The van der Waals surface area contributed by atoms with Gasteiger partial charge in [-0.1, -0.05) is 24.3 Å². The fraction of sp³-hybridized carbons (Fsp3) is 0.304. The molecule has 33 heavy (non-hydrogen) atoms. The Labute approximate surface area is 190 Å². The summed E-state index contributed by atoms with van der Waals surface area (Å²) in [6.07, 6.45) is 4.46. The summed E-state index contributed by atoms with van der Waals surface area (Å²) in [6.45, 7) is 3.05. The minimum Gasteiger partial charge on any atom is -0.350 e. The number of amides is 2. The number of hydrogen-bond donors (Lipinski definition) is 1. The molecular weight excluding hydrogens is 424 g/mol. The third-order valence-corrected chi connectivity index (χ3v) is 5.76. The third-order valence-electron chi connectivity index (χ3n) is 5.76. The second-order valence-electron chi connectivity index (χ2n) is 8.04. The molecule has 2 amide bonds. The number of likely N-dealkylation sites (tertiary alicyclic amines) is 1. The van der Waals surface area contributed by atoms with Crippen molar-refractivity contribution in [1.82, 2.24) is 25.0 Å². The average molecular weight is 448 g/mol. The number of hydrogen-bond acceptors (Lipinski definition) is 6. The Balaban J connectivity index is 1.36. The van der Waals surface area contributed by atoms with Gasteiger partial charge in [-0.15, -0.1) is 0 Å². The van der Waals surface area contributed by atoms with Crippen LogP contribution in [0.3, 0.4) is 0 Å². The summed E-state index contributed by atoms with van der Waals surface area (Å²) in [5, 5.41) is 18.0. The molecule has 4 rings (SSSR count). The van der Waals surface area contributed by atoms with E-state index < -0.39 is 11.0 Å². The van der Waals surface area contributed by atoms with Gasteiger partial charge in [-0.3, -0.25) is 19.7 Å². The number of carbonyl (C=O) groups excluding carboxylic acids is 2. The monoisotopic (exact) mass is 448 g/mol. The van der Waals surface area contributed by atoms with Crippen LogP contribution < -0.4 is 5.32 Å². The summed E-state index contributed by atoms with van der Waals surface area (Å²) < 4.78 is 1.73. The van der Waals surface area contributed by atoms with E-state index in [-0.39, 0.29) is 17.5 Å². The van der Waals surface area contributed by atoms with E-state index in [0.717, 1.165) is 17.5 Å². The molecule has 1 aliphatic heterocycles. The molecule has 1 unspecified atom stereocenters. The minimum atomic E-state index is -0.556. The first-order valence-corrected chi connectivity index (χ1v) is 10.7. The van der Waals surface area contributed by atoms with Crippen molar-refractivity contribution in [3.63, 3.8) is 0 Å². The first kappa shape index (κ1) is 22.1. The number of nitrogens with one attached hydrogen (secondary N) is 1. The molecule has 170 valence electrons. The minimum absolute atomic E-state index is 0.0328. The summed E-state index contributed by atoms with van der Waals surface area (Å²) in [4.78, 5) is 41.9. The molecule has 1 N–H and O–H groups in total. The molecule has 2 heterocycles. The van der Waals surface area contributed by atoms with Gasteiger partial charge in [0.25, 0.3) is 11.6 Å². The predicted octanol–water partition coefficient (Wildman–Crippen LogP) is 2.46. The van der Waals surface area contributed by atoms with Crippen LogP contribution in [0.4, 0.5) is 5.69 Å². The zero-order valence-corrected chi connectivity index (χ0v) is 18.2. The van der Waals surface area contributed by atoms with E-state index in [2.05, 4.69) is 15.4 Å². The summed E-state index contributed by atoms with van der Waals surface area (Å²) in [7, 11) is 0. The van der Waals surface area contributed by atoms with Crippen LogP contribution in [0, 0.1) is 17.0 Å². The zero-order chi connectivity index (χ0) is 23.4. The number of aromatic nitrogens is 3. The smallest absolute Gasteiger partial charge is 0.272 e. The maximum Gasteiger partial charge on any atom is 0.272 e. The normalized spacial score (nSPS) is 15.4. The molecule has 0 radical (unpaired) electrons. The summed E-state index contributed by atoms with van der Waals surface area (Å²) in [6, 6.07) is 11.6. The Morgan fingerprint density at radius 2 is 1.94 bits per heavy atom. The lowest BCUT2D eigenvalue weighted by atomic mass is 10.1. The summed E-state index contributed by atoms with van der Waals surface area (Å²) in [5.74, 6) is -0.491. The van der Waals surface area contributed by atoms with Crippen molar-refractivity contribution in [2.75, 3.05) is 6.54 Å². The zero-order valence-electron chi connectivity index (χ0n) is 18.2. The molecule has 10 heteroatoms. The number of benzene rings is 2. The van der Waals surface area contributed by atoms with Gasteiger partial charge in [-0.2, -0.15) is 5.10 Å². The second kappa shape index (κ2) is 9.60. The van der Waals surface area contributed by atoms with Gasteiger partial charge in [-0.25, -0.2) is 9.67 Å². The van der Waals surface area contributed by atoms with Crippen LogP contribution in [0.1, 0.15) is 39.9 Å².